The highest BCUT2D eigenvalue weighted by Gasteiger charge is 2.50. The van der Waals surface area contributed by atoms with Crippen molar-refractivity contribution in [1.82, 2.24) is 24.6 Å². The SMILES string of the molecule is CC(C)OC(=O)CNP(OCC1(C(F)F)CCC(n2cnc3c(N)ncnc32)O1)Oc1ccccc1. The standard InChI is InChI=1S/C22H27F2N6O5P/c1-14(2)33-17(31)10-29-36(35-15-6-4-3-5-7-15)32-11-22(21(23)24)9-8-16(34-22)30-13-28-18-19(25)26-12-27-20(18)30/h3-7,12-14,16,21,29H,8-11H2,1-2H3,(H2,25,26,27). The van der Waals surface area contributed by atoms with Gasteiger partial charge in [-0.2, -0.15) is 0 Å². The Bertz CT molecular complexity index is 1170. The Morgan fingerprint density at radius 1 is 1.31 bits per heavy atom. The minimum absolute atomic E-state index is 0.0134. The summed E-state index contributed by atoms with van der Waals surface area (Å²) in [5, 5.41) is 2.82. The number of alkyl halides is 2. The molecule has 1 aliphatic rings. The van der Waals surface area contributed by atoms with Crippen LogP contribution in [0.15, 0.2) is 43.0 Å². The third-order valence-corrected chi connectivity index (χ3v) is 6.51. The van der Waals surface area contributed by atoms with E-state index in [1.165, 1.54) is 12.7 Å². The molecule has 3 unspecified atom stereocenters. The summed E-state index contributed by atoms with van der Waals surface area (Å²) in [5.41, 5.74) is 4.68. The van der Waals surface area contributed by atoms with E-state index >= 15 is 0 Å². The number of halogens is 2. The monoisotopic (exact) mass is 524 g/mol. The Morgan fingerprint density at radius 3 is 2.81 bits per heavy atom. The van der Waals surface area contributed by atoms with Gasteiger partial charge in [0, 0.05) is 0 Å². The van der Waals surface area contributed by atoms with Crippen molar-refractivity contribution in [3.8, 4) is 5.75 Å². The van der Waals surface area contributed by atoms with Crippen LogP contribution in [-0.4, -0.2) is 56.8 Å². The van der Waals surface area contributed by atoms with Gasteiger partial charge in [0.15, 0.2) is 17.1 Å². The van der Waals surface area contributed by atoms with E-state index in [1.54, 1.807) is 48.7 Å². The van der Waals surface area contributed by atoms with Crippen molar-refractivity contribution in [1.29, 1.82) is 0 Å². The number of fused-ring (bicyclic) bond motifs is 1. The van der Waals surface area contributed by atoms with Crippen molar-refractivity contribution in [2.45, 2.75) is 51.0 Å². The van der Waals surface area contributed by atoms with Crippen LogP contribution in [-0.2, 0) is 18.8 Å². The molecule has 36 heavy (non-hydrogen) atoms. The number of nitrogen functional groups attached to an aromatic ring is 1. The fourth-order valence-electron chi connectivity index (χ4n) is 3.65. The molecule has 0 aliphatic carbocycles. The predicted octanol–water partition coefficient (Wildman–Crippen LogP) is 3.59. The molecule has 0 amide bonds. The molecule has 0 spiro atoms. The molecule has 11 nitrogen and oxygen atoms in total. The Balaban J connectivity index is 1.46. The molecule has 3 atom stereocenters. The number of aromatic nitrogens is 4. The molecule has 0 radical (unpaired) electrons. The highest BCUT2D eigenvalue weighted by atomic mass is 31.2. The molecule has 0 bridgehead atoms. The Hall–Kier alpha value is -2.99. The van der Waals surface area contributed by atoms with E-state index in [9.17, 15) is 13.6 Å². The summed E-state index contributed by atoms with van der Waals surface area (Å²) in [4.78, 5) is 24.2. The second kappa shape index (κ2) is 11.4. The van der Waals surface area contributed by atoms with Crippen LogP contribution >= 0.6 is 8.53 Å². The number of nitrogens with one attached hydrogen (secondary N) is 1. The molecule has 1 aliphatic heterocycles. The van der Waals surface area contributed by atoms with Crippen molar-refractivity contribution >= 4 is 31.5 Å². The number of rotatable bonds is 11. The fourth-order valence-corrected chi connectivity index (χ4v) is 4.76. The predicted molar refractivity (Wildman–Crippen MR) is 127 cm³/mol. The quantitative estimate of drug-likeness (QED) is 0.283. The first-order valence-electron chi connectivity index (χ1n) is 11.3. The van der Waals surface area contributed by atoms with Gasteiger partial charge in [-0.25, -0.2) is 28.8 Å². The lowest BCUT2D eigenvalue weighted by atomic mass is 10.0. The second-order valence-corrected chi connectivity index (χ2v) is 9.64. The summed E-state index contributed by atoms with van der Waals surface area (Å²) < 4.78 is 52.7. The van der Waals surface area contributed by atoms with Gasteiger partial charge in [0.25, 0.3) is 6.43 Å². The summed E-state index contributed by atoms with van der Waals surface area (Å²) in [7, 11) is -1.98. The van der Waals surface area contributed by atoms with Crippen molar-refractivity contribution in [2.24, 2.45) is 0 Å². The molecule has 0 saturated carbocycles. The molecular weight excluding hydrogens is 497 g/mol. The van der Waals surface area contributed by atoms with Crippen LogP contribution in [0.2, 0.25) is 0 Å². The molecule has 194 valence electrons. The van der Waals surface area contributed by atoms with Gasteiger partial charge in [-0.15, -0.1) is 0 Å². The Kier molecular flexibility index (Phi) is 8.24. The number of nitrogens with two attached hydrogens (primary N) is 1. The van der Waals surface area contributed by atoms with Gasteiger partial charge >= 0.3 is 14.5 Å². The summed E-state index contributed by atoms with van der Waals surface area (Å²) in [6.45, 7) is 2.75. The maximum absolute atomic E-state index is 14.3. The Morgan fingerprint density at radius 2 is 2.08 bits per heavy atom. The first-order chi connectivity index (χ1) is 17.3. The molecule has 4 rings (SSSR count). The molecular formula is C22H27F2N6O5P. The number of nitrogens with zero attached hydrogens (tertiary/aromatic N) is 4. The second-order valence-electron chi connectivity index (χ2n) is 8.37. The molecule has 2 aromatic heterocycles. The van der Waals surface area contributed by atoms with Crippen LogP contribution < -0.4 is 15.3 Å². The van der Waals surface area contributed by atoms with Crippen molar-refractivity contribution in [2.75, 3.05) is 18.9 Å². The van der Waals surface area contributed by atoms with Gasteiger partial charge in [0.2, 0.25) is 0 Å². The normalized spacial score (nSPS) is 20.8. The lowest BCUT2D eigenvalue weighted by molar-refractivity contribution is -0.164. The summed E-state index contributed by atoms with van der Waals surface area (Å²) in [6.07, 6.45) is -0.899. The molecule has 3 heterocycles. The number of hydrogen-bond acceptors (Lipinski definition) is 10. The maximum Gasteiger partial charge on any atom is 0.320 e. The fraction of sp³-hybridized carbons (Fsp3) is 0.455. The summed E-state index contributed by atoms with van der Waals surface area (Å²) >= 11 is 0. The number of benzene rings is 1. The van der Waals surface area contributed by atoms with E-state index in [1.807, 2.05) is 0 Å². The number of anilines is 1. The highest BCUT2D eigenvalue weighted by Crippen LogP contribution is 2.45. The number of carbonyl (C=O) groups excluding carboxylic acids is 1. The van der Waals surface area contributed by atoms with Crippen LogP contribution in [0.3, 0.4) is 0 Å². The number of esters is 1. The maximum atomic E-state index is 14.3. The van der Waals surface area contributed by atoms with Crippen molar-refractivity contribution < 1.29 is 32.1 Å². The largest absolute Gasteiger partial charge is 0.462 e. The lowest BCUT2D eigenvalue weighted by Crippen LogP contribution is -2.42. The van der Waals surface area contributed by atoms with Crippen LogP contribution in [0.25, 0.3) is 11.2 Å². The van der Waals surface area contributed by atoms with Gasteiger partial charge in [-0.1, -0.05) is 18.2 Å². The topological polar surface area (TPSA) is 136 Å². The van der Waals surface area contributed by atoms with Crippen LogP contribution in [0.1, 0.15) is 32.9 Å². The van der Waals surface area contributed by atoms with E-state index < -0.39 is 39.4 Å². The van der Waals surface area contributed by atoms with Crippen LogP contribution in [0.5, 0.6) is 5.75 Å². The first-order valence-corrected chi connectivity index (χ1v) is 12.4. The number of hydrogen-bond donors (Lipinski definition) is 2. The smallest absolute Gasteiger partial charge is 0.320 e. The van der Waals surface area contributed by atoms with Gasteiger partial charge in [-0.3, -0.25) is 9.36 Å². The van der Waals surface area contributed by atoms with Crippen molar-refractivity contribution in [3.05, 3.63) is 43.0 Å². The van der Waals surface area contributed by atoms with Gasteiger partial charge in [0.1, 0.15) is 30.4 Å². The molecule has 1 aromatic carbocycles. The summed E-state index contributed by atoms with van der Waals surface area (Å²) in [6, 6.07) is 8.70. The number of ether oxygens (including phenoxy) is 2. The third kappa shape index (κ3) is 6.04. The zero-order valence-corrected chi connectivity index (χ0v) is 20.6. The highest BCUT2D eigenvalue weighted by molar-refractivity contribution is 7.45. The molecule has 3 aromatic rings. The number of para-hydroxylation sites is 1. The summed E-state index contributed by atoms with van der Waals surface area (Å²) in [5.74, 6) is 0.115. The van der Waals surface area contributed by atoms with E-state index in [0.29, 0.717) is 16.9 Å². The minimum atomic E-state index is -2.85. The number of imidazole rings is 1. The van der Waals surface area contributed by atoms with Gasteiger partial charge < -0.3 is 24.3 Å². The zero-order chi connectivity index (χ0) is 25.7. The first kappa shape index (κ1) is 26.1. The van der Waals surface area contributed by atoms with Crippen molar-refractivity contribution in [3.63, 3.8) is 0 Å². The molecule has 14 heteroatoms. The van der Waals surface area contributed by atoms with Gasteiger partial charge in [0.05, 0.1) is 19.0 Å². The third-order valence-electron chi connectivity index (χ3n) is 5.36. The average molecular weight is 524 g/mol. The molecule has 1 saturated heterocycles. The Labute approximate surface area is 207 Å². The molecule has 1 fully saturated rings. The van der Waals surface area contributed by atoms with Crippen LogP contribution in [0, 0.1) is 0 Å². The number of carbonyl (C=O) groups is 1. The van der Waals surface area contributed by atoms with E-state index in [-0.39, 0.29) is 31.3 Å². The average Bonchev–Trinajstić information content (AvgIpc) is 3.47. The van der Waals surface area contributed by atoms with E-state index in [4.69, 9.17) is 24.3 Å². The zero-order valence-electron chi connectivity index (χ0n) is 19.7. The molecule has 3 N–H and O–H groups in total. The van der Waals surface area contributed by atoms with Gasteiger partial charge in [-0.05, 0) is 38.8 Å². The lowest BCUT2D eigenvalue weighted by Gasteiger charge is -2.30. The van der Waals surface area contributed by atoms with Crippen LogP contribution in [0.4, 0.5) is 14.6 Å². The minimum Gasteiger partial charge on any atom is -0.462 e. The van der Waals surface area contributed by atoms with E-state index in [0.717, 1.165) is 0 Å². The van der Waals surface area contributed by atoms with E-state index in [2.05, 4.69) is 20.0 Å².